The molecule has 1 heterocycles. The molecule has 0 aliphatic rings. The van der Waals surface area contributed by atoms with E-state index >= 15 is 0 Å². The summed E-state index contributed by atoms with van der Waals surface area (Å²) in [6.07, 6.45) is 0. The van der Waals surface area contributed by atoms with Crippen molar-refractivity contribution in [3.8, 4) is 6.07 Å². The Bertz CT molecular complexity index is 606. The van der Waals surface area contributed by atoms with Gasteiger partial charge in [0, 0.05) is 19.3 Å². The topological polar surface area (TPSA) is 55.7 Å². The van der Waals surface area contributed by atoms with Crippen LogP contribution in [0.2, 0.25) is 0 Å². The van der Waals surface area contributed by atoms with Gasteiger partial charge in [-0.15, -0.1) is 0 Å². The first kappa shape index (κ1) is 13.4. The summed E-state index contributed by atoms with van der Waals surface area (Å²) in [7, 11) is 2.02. The van der Waals surface area contributed by atoms with E-state index in [2.05, 4.69) is 46.9 Å². The Kier molecular flexibility index (Phi) is 3.75. The van der Waals surface area contributed by atoms with Crippen LogP contribution >= 0.6 is 0 Å². The van der Waals surface area contributed by atoms with E-state index < -0.39 is 0 Å². The van der Waals surface area contributed by atoms with Gasteiger partial charge >= 0.3 is 0 Å². The van der Waals surface area contributed by atoms with Crippen LogP contribution in [-0.4, -0.2) is 23.6 Å². The molecule has 0 amide bonds. The normalized spacial score (nSPS) is 12.6. The summed E-state index contributed by atoms with van der Waals surface area (Å²) in [4.78, 5) is 9.76. The number of hydrogen-bond donors (Lipinski definition) is 1. The number of aromatic amines is 1. The molecule has 4 heteroatoms. The highest BCUT2D eigenvalue weighted by molar-refractivity contribution is 5.79. The van der Waals surface area contributed by atoms with Gasteiger partial charge in [0.15, 0.2) is 0 Å². The number of H-pyrrole nitrogens is 1. The maximum Gasteiger partial charge on any atom is 0.104 e. The van der Waals surface area contributed by atoms with Gasteiger partial charge in [0.1, 0.15) is 5.82 Å². The van der Waals surface area contributed by atoms with Crippen molar-refractivity contribution in [1.82, 2.24) is 9.97 Å². The van der Waals surface area contributed by atoms with E-state index in [0.717, 1.165) is 29.1 Å². The number of anilines is 1. The van der Waals surface area contributed by atoms with Crippen LogP contribution in [0.5, 0.6) is 0 Å². The number of aromatic nitrogens is 2. The van der Waals surface area contributed by atoms with Crippen LogP contribution < -0.4 is 4.90 Å². The van der Waals surface area contributed by atoms with Gasteiger partial charge in [-0.2, -0.15) is 5.26 Å². The van der Waals surface area contributed by atoms with Crippen molar-refractivity contribution >= 4 is 16.7 Å². The average Bonchev–Trinajstić information content (AvgIpc) is 2.74. The van der Waals surface area contributed by atoms with E-state index in [1.807, 2.05) is 20.0 Å². The van der Waals surface area contributed by atoms with Gasteiger partial charge in [-0.3, -0.25) is 0 Å². The van der Waals surface area contributed by atoms with E-state index in [-0.39, 0.29) is 5.92 Å². The number of rotatable bonds is 4. The molecule has 2 aromatic rings. The first-order chi connectivity index (χ1) is 9.01. The Balaban J connectivity index is 2.21. The summed E-state index contributed by atoms with van der Waals surface area (Å²) in [6, 6.07) is 8.54. The Labute approximate surface area is 114 Å². The van der Waals surface area contributed by atoms with Crippen LogP contribution in [0.4, 0.5) is 5.69 Å². The predicted molar refractivity (Wildman–Crippen MR) is 78.0 cm³/mol. The van der Waals surface area contributed by atoms with Gasteiger partial charge in [-0.1, -0.05) is 13.8 Å². The van der Waals surface area contributed by atoms with Crippen LogP contribution in [0.1, 0.15) is 19.7 Å². The molecule has 0 aliphatic heterocycles. The third-order valence-corrected chi connectivity index (χ3v) is 3.47. The van der Waals surface area contributed by atoms with E-state index in [0.29, 0.717) is 5.92 Å². The second-order valence-corrected chi connectivity index (χ2v) is 5.38. The highest BCUT2D eigenvalue weighted by atomic mass is 15.1. The smallest absolute Gasteiger partial charge is 0.104 e. The fourth-order valence-corrected chi connectivity index (χ4v) is 2.16. The van der Waals surface area contributed by atoms with Crippen LogP contribution in [0, 0.1) is 30.1 Å². The largest absolute Gasteiger partial charge is 0.373 e. The summed E-state index contributed by atoms with van der Waals surface area (Å²) < 4.78 is 0. The molecule has 0 saturated carbocycles. The number of nitrogens with zero attached hydrogens (tertiary/aromatic N) is 3. The Hall–Kier alpha value is -2.02. The number of nitriles is 1. The minimum absolute atomic E-state index is 0.0456. The molecule has 0 saturated heterocycles. The van der Waals surface area contributed by atoms with Crippen LogP contribution in [-0.2, 0) is 0 Å². The standard InChI is InChI=1S/C15H20N4/c1-10(2)12(8-16)9-19(4)13-5-6-14-15(7-13)18-11(3)17-14/h5-7,10,12H,9H2,1-4H3,(H,17,18). The summed E-state index contributed by atoms with van der Waals surface area (Å²) in [5.74, 6) is 1.33. The summed E-state index contributed by atoms with van der Waals surface area (Å²) in [6.45, 7) is 6.87. The molecule has 0 aliphatic carbocycles. The van der Waals surface area contributed by atoms with E-state index in [1.54, 1.807) is 0 Å². The lowest BCUT2D eigenvalue weighted by Gasteiger charge is -2.24. The molecule has 1 N–H and O–H groups in total. The average molecular weight is 256 g/mol. The molecular formula is C15H20N4. The molecule has 0 radical (unpaired) electrons. The van der Waals surface area contributed by atoms with Crippen molar-refractivity contribution in [2.75, 3.05) is 18.5 Å². The van der Waals surface area contributed by atoms with E-state index in [9.17, 15) is 5.26 Å². The number of fused-ring (bicyclic) bond motifs is 1. The molecule has 19 heavy (non-hydrogen) atoms. The van der Waals surface area contributed by atoms with Gasteiger partial charge in [0.05, 0.1) is 23.0 Å². The maximum atomic E-state index is 9.17. The zero-order chi connectivity index (χ0) is 14.0. The highest BCUT2D eigenvalue weighted by Gasteiger charge is 2.15. The van der Waals surface area contributed by atoms with Gasteiger partial charge < -0.3 is 9.88 Å². The summed E-state index contributed by atoms with van der Waals surface area (Å²) in [5.41, 5.74) is 3.13. The third-order valence-electron chi connectivity index (χ3n) is 3.47. The lowest BCUT2D eigenvalue weighted by molar-refractivity contribution is 0.477. The molecule has 4 nitrogen and oxygen atoms in total. The molecule has 2 rings (SSSR count). The summed E-state index contributed by atoms with van der Waals surface area (Å²) >= 11 is 0. The maximum absolute atomic E-state index is 9.17. The fraction of sp³-hybridized carbons (Fsp3) is 0.467. The molecule has 1 unspecified atom stereocenters. The lowest BCUT2D eigenvalue weighted by Crippen LogP contribution is -2.27. The highest BCUT2D eigenvalue weighted by Crippen LogP contribution is 2.21. The van der Waals surface area contributed by atoms with E-state index in [1.165, 1.54) is 0 Å². The molecule has 0 bridgehead atoms. The third kappa shape index (κ3) is 2.87. The van der Waals surface area contributed by atoms with Gasteiger partial charge in [-0.25, -0.2) is 4.98 Å². The predicted octanol–water partition coefficient (Wildman–Crippen LogP) is 3.10. The number of benzene rings is 1. The van der Waals surface area contributed by atoms with Gasteiger partial charge in [0.25, 0.3) is 0 Å². The zero-order valence-corrected chi connectivity index (χ0v) is 11.9. The SMILES string of the molecule is Cc1nc2ccc(N(C)CC(C#N)C(C)C)cc2[nH]1. The second-order valence-electron chi connectivity index (χ2n) is 5.38. The van der Waals surface area contributed by atoms with Gasteiger partial charge in [-0.05, 0) is 31.0 Å². The van der Waals surface area contributed by atoms with Crippen LogP contribution in [0.25, 0.3) is 11.0 Å². The minimum Gasteiger partial charge on any atom is -0.373 e. The number of hydrogen-bond acceptors (Lipinski definition) is 3. The van der Waals surface area contributed by atoms with Crippen molar-refractivity contribution in [2.24, 2.45) is 11.8 Å². The molecular weight excluding hydrogens is 236 g/mol. The number of nitrogens with one attached hydrogen (secondary N) is 1. The minimum atomic E-state index is 0.0456. The van der Waals surface area contributed by atoms with Crippen LogP contribution in [0.3, 0.4) is 0 Å². The summed E-state index contributed by atoms with van der Waals surface area (Å²) in [5, 5.41) is 9.17. The molecule has 0 fully saturated rings. The van der Waals surface area contributed by atoms with Crippen molar-refractivity contribution in [1.29, 1.82) is 5.26 Å². The van der Waals surface area contributed by atoms with Crippen molar-refractivity contribution in [2.45, 2.75) is 20.8 Å². The van der Waals surface area contributed by atoms with Crippen molar-refractivity contribution in [3.05, 3.63) is 24.0 Å². The van der Waals surface area contributed by atoms with Crippen molar-refractivity contribution in [3.63, 3.8) is 0 Å². The molecule has 1 atom stereocenters. The second kappa shape index (κ2) is 5.31. The lowest BCUT2D eigenvalue weighted by atomic mass is 9.97. The Morgan fingerprint density at radius 3 is 2.79 bits per heavy atom. The van der Waals surface area contributed by atoms with E-state index in [4.69, 9.17) is 0 Å². The number of imidazole rings is 1. The monoisotopic (exact) mass is 256 g/mol. The zero-order valence-electron chi connectivity index (χ0n) is 11.9. The molecule has 100 valence electrons. The van der Waals surface area contributed by atoms with Crippen LogP contribution in [0.15, 0.2) is 18.2 Å². The molecule has 1 aromatic carbocycles. The van der Waals surface area contributed by atoms with Gasteiger partial charge in [0.2, 0.25) is 0 Å². The van der Waals surface area contributed by atoms with Crippen molar-refractivity contribution < 1.29 is 0 Å². The fourth-order valence-electron chi connectivity index (χ4n) is 2.16. The Morgan fingerprint density at radius 1 is 1.42 bits per heavy atom. The quantitative estimate of drug-likeness (QED) is 0.914. The molecule has 1 aromatic heterocycles. The first-order valence-electron chi connectivity index (χ1n) is 6.58. The Morgan fingerprint density at radius 2 is 2.16 bits per heavy atom. The number of aryl methyl sites for hydroxylation is 1. The molecule has 0 spiro atoms. The first-order valence-corrected chi connectivity index (χ1v) is 6.58.